The number of nitriles is 1. The molecule has 1 amide bonds. The van der Waals surface area contributed by atoms with E-state index in [0.29, 0.717) is 18.2 Å². The molecule has 3 nitrogen and oxygen atoms in total. The zero-order valence-electron chi connectivity index (χ0n) is 9.71. The standard InChI is InChI=1S/C12H20N2OS/c13-8-4-5-9-16-10-12(15)14-11-6-2-1-3-7-11/h11H,1-7,9-10H2,(H,14,15). The van der Waals surface area contributed by atoms with Crippen LogP contribution >= 0.6 is 11.8 Å². The smallest absolute Gasteiger partial charge is 0.230 e. The zero-order chi connectivity index (χ0) is 11.6. The van der Waals surface area contributed by atoms with E-state index >= 15 is 0 Å². The molecule has 0 saturated heterocycles. The van der Waals surface area contributed by atoms with Gasteiger partial charge in [-0.15, -0.1) is 0 Å². The Bertz CT molecular complexity index is 244. The number of carbonyl (C=O) groups is 1. The van der Waals surface area contributed by atoms with Crippen LogP contribution in [0.25, 0.3) is 0 Å². The van der Waals surface area contributed by atoms with E-state index in [1.807, 2.05) is 0 Å². The van der Waals surface area contributed by atoms with Crippen molar-refractivity contribution in [1.82, 2.24) is 5.32 Å². The SMILES string of the molecule is N#CCCCSCC(=O)NC1CCCCC1. The first kappa shape index (κ1) is 13.4. The quantitative estimate of drug-likeness (QED) is 0.726. The second-order valence-corrected chi connectivity index (χ2v) is 5.32. The fourth-order valence-electron chi connectivity index (χ4n) is 1.93. The lowest BCUT2D eigenvalue weighted by molar-refractivity contribution is -0.119. The van der Waals surface area contributed by atoms with E-state index in [9.17, 15) is 4.79 Å². The Hall–Kier alpha value is -0.690. The number of unbranched alkanes of at least 4 members (excludes halogenated alkanes) is 1. The molecule has 0 aromatic carbocycles. The van der Waals surface area contributed by atoms with Crippen LogP contribution in [0.3, 0.4) is 0 Å². The lowest BCUT2D eigenvalue weighted by Gasteiger charge is -2.22. The second-order valence-electron chi connectivity index (χ2n) is 4.22. The maximum absolute atomic E-state index is 11.5. The van der Waals surface area contributed by atoms with E-state index in [-0.39, 0.29) is 5.91 Å². The summed E-state index contributed by atoms with van der Waals surface area (Å²) in [6.07, 6.45) is 7.58. The zero-order valence-corrected chi connectivity index (χ0v) is 10.5. The van der Waals surface area contributed by atoms with Crippen LogP contribution in [-0.2, 0) is 4.79 Å². The van der Waals surface area contributed by atoms with Crippen molar-refractivity contribution in [2.45, 2.75) is 51.0 Å². The molecular formula is C12H20N2OS. The molecule has 90 valence electrons. The third-order valence-corrected chi connectivity index (χ3v) is 3.82. The largest absolute Gasteiger partial charge is 0.353 e. The normalized spacial score (nSPS) is 16.7. The van der Waals surface area contributed by atoms with E-state index in [1.165, 1.54) is 19.3 Å². The molecule has 0 aromatic heterocycles. The third-order valence-electron chi connectivity index (χ3n) is 2.78. The van der Waals surface area contributed by atoms with Crippen molar-refractivity contribution >= 4 is 17.7 Å². The van der Waals surface area contributed by atoms with Crippen molar-refractivity contribution in [3.8, 4) is 6.07 Å². The lowest BCUT2D eigenvalue weighted by atomic mass is 9.95. The highest BCUT2D eigenvalue weighted by atomic mass is 32.2. The maximum Gasteiger partial charge on any atom is 0.230 e. The molecule has 0 spiro atoms. The molecule has 0 unspecified atom stereocenters. The van der Waals surface area contributed by atoms with Crippen LogP contribution in [0.15, 0.2) is 0 Å². The number of thioether (sulfide) groups is 1. The van der Waals surface area contributed by atoms with Crippen molar-refractivity contribution in [3.05, 3.63) is 0 Å². The van der Waals surface area contributed by atoms with Crippen molar-refractivity contribution in [2.24, 2.45) is 0 Å². The number of nitrogens with zero attached hydrogens (tertiary/aromatic N) is 1. The summed E-state index contributed by atoms with van der Waals surface area (Å²) in [5.41, 5.74) is 0. The number of rotatable bonds is 6. The fourth-order valence-corrected chi connectivity index (χ4v) is 2.70. The molecule has 1 aliphatic carbocycles. The Morgan fingerprint density at radius 2 is 2.12 bits per heavy atom. The minimum atomic E-state index is 0.161. The molecule has 1 rings (SSSR count). The van der Waals surface area contributed by atoms with Crippen molar-refractivity contribution < 1.29 is 4.79 Å². The molecule has 16 heavy (non-hydrogen) atoms. The first-order chi connectivity index (χ1) is 7.83. The Kier molecular flexibility index (Phi) is 7.07. The van der Waals surface area contributed by atoms with E-state index in [4.69, 9.17) is 5.26 Å². The molecule has 1 N–H and O–H groups in total. The van der Waals surface area contributed by atoms with Crippen LogP contribution in [0.1, 0.15) is 44.9 Å². The monoisotopic (exact) mass is 240 g/mol. The van der Waals surface area contributed by atoms with Crippen LogP contribution in [0.2, 0.25) is 0 Å². The van der Waals surface area contributed by atoms with Crippen molar-refractivity contribution in [3.63, 3.8) is 0 Å². The van der Waals surface area contributed by atoms with Gasteiger partial charge in [-0.05, 0) is 25.0 Å². The Balaban J connectivity index is 1.99. The highest BCUT2D eigenvalue weighted by Crippen LogP contribution is 2.17. The Labute approximate surface area is 102 Å². The van der Waals surface area contributed by atoms with Crippen molar-refractivity contribution in [2.75, 3.05) is 11.5 Å². The molecule has 1 fully saturated rings. The van der Waals surface area contributed by atoms with Gasteiger partial charge in [0.2, 0.25) is 5.91 Å². The number of hydrogen-bond donors (Lipinski definition) is 1. The van der Waals surface area contributed by atoms with E-state index < -0.39 is 0 Å². The van der Waals surface area contributed by atoms with Crippen molar-refractivity contribution in [1.29, 1.82) is 5.26 Å². The molecule has 0 radical (unpaired) electrons. The molecule has 0 heterocycles. The Morgan fingerprint density at radius 3 is 2.81 bits per heavy atom. The maximum atomic E-state index is 11.5. The molecule has 0 aliphatic heterocycles. The van der Waals surface area contributed by atoms with Gasteiger partial charge < -0.3 is 5.32 Å². The number of amides is 1. The van der Waals surface area contributed by atoms with Crippen LogP contribution in [-0.4, -0.2) is 23.5 Å². The second kappa shape index (κ2) is 8.46. The fraction of sp³-hybridized carbons (Fsp3) is 0.833. The first-order valence-electron chi connectivity index (χ1n) is 6.07. The van der Waals surface area contributed by atoms with Crippen LogP contribution in [0.4, 0.5) is 0 Å². The summed E-state index contributed by atoms with van der Waals surface area (Å²) in [6.45, 7) is 0. The van der Waals surface area contributed by atoms with E-state index in [0.717, 1.165) is 25.0 Å². The summed E-state index contributed by atoms with van der Waals surface area (Å²) in [7, 11) is 0. The Morgan fingerprint density at radius 1 is 1.38 bits per heavy atom. The summed E-state index contributed by atoms with van der Waals surface area (Å²) in [4.78, 5) is 11.5. The molecule has 4 heteroatoms. The van der Waals surface area contributed by atoms with Crippen LogP contribution in [0, 0.1) is 11.3 Å². The van der Waals surface area contributed by atoms with Gasteiger partial charge in [-0.25, -0.2) is 0 Å². The van der Waals surface area contributed by atoms with Gasteiger partial charge in [-0.3, -0.25) is 4.79 Å². The van der Waals surface area contributed by atoms with Crippen LogP contribution in [0.5, 0.6) is 0 Å². The minimum Gasteiger partial charge on any atom is -0.353 e. The lowest BCUT2D eigenvalue weighted by Crippen LogP contribution is -2.37. The van der Waals surface area contributed by atoms with Gasteiger partial charge in [0.1, 0.15) is 0 Å². The molecule has 0 aromatic rings. The van der Waals surface area contributed by atoms with E-state index in [2.05, 4.69) is 11.4 Å². The summed E-state index contributed by atoms with van der Waals surface area (Å²) in [5.74, 6) is 1.61. The highest BCUT2D eigenvalue weighted by molar-refractivity contribution is 7.99. The topological polar surface area (TPSA) is 52.9 Å². The number of carbonyl (C=O) groups excluding carboxylic acids is 1. The summed E-state index contributed by atoms with van der Waals surface area (Å²) in [5, 5.41) is 11.4. The average Bonchev–Trinajstić information content (AvgIpc) is 2.30. The first-order valence-corrected chi connectivity index (χ1v) is 7.22. The highest BCUT2D eigenvalue weighted by Gasteiger charge is 2.15. The van der Waals surface area contributed by atoms with Gasteiger partial charge >= 0.3 is 0 Å². The predicted octanol–water partition coefficient (Wildman–Crippen LogP) is 2.47. The molecule has 0 bridgehead atoms. The molecular weight excluding hydrogens is 220 g/mol. The van der Waals surface area contributed by atoms with E-state index in [1.54, 1.807) is 11.8 Å². The summed E-state index contributed by atoms with van der Waals surface area (Å²) in [6, 6.07) is 2.53. The summed E-state index contributed by atoms with van der Waals surface area (Å²) >= 11 is 1.63. The third kappa shape index (κ3) is 6.02. The number of nitrogens with one attached hydrogen (secondary N) is 1. The van der Waals surface area contributed by atoms with Gasteiger partial charge in [-0.1, -0.05) is 19.3 Å². The van der Waals surface area contributed by atoms with Gasteiger partial charge in [0, 0.05) is 12.5 Å². The van der Waals surface area contributed by atoms with Gasteiger partial charge in [0.25, 0.3) is 0 Å². The molecule has 1 aliphatic rings. The summed E-state index contributed by atoms with van der Waals surface area (Å²) < 4.78 is 0. The van der Waals surface area contributed by atoms with Gasteiger partial charge in [0.05, 0.1) is 11.8 Å². The predicted molar refractivity (Wildman–Crippen MR) is 67.2 cm³/mol. The van der Waals surface area contributed by atoms with Gasteiger partial charge in [-0.2, -0.15) is 17.0 Å². The van der Waals surface area contributed by atoms with Gasteiger partial charge in [0.15, 0.2) is 0 Å². The molecule has 0 atom stereocenters. The average molecular weight is 240 g/mol. The van der Waals surface area contributed by atoms with Crippen LogP contribution < -0.4 is 5.32 Å². The minimum absolute atomic E-state index is 0.161. The number of hydrogen-bond acceptors (Lipinski definition) is 3. The molecule has 1 saturated carbocycles.